The van der Waals surface area contributed by atoms with Crippen molar-refractivity contribution in [3.8, 4) is 11.1 Å². The highest BCUT2D eigenvalue weighted by Gasteiger charge is 2.28. The van der Waals surface area contributed by atoms with E-state index in [1.54, 1.807) is 0 Å². The summed E-state index contributed by atoms with van der Waals surface area (Å²) < 4.78 is 2.74. The lowest BCUT2D eigenvalue weighted by Gasteiger charge is -2.31. The zero-order valence-electron chi connectivity index (χ0n) is 24.0. The van der Waals surface area contributed by atoms with E-state index in [4.69, 9.17) is 0 Å². The van der Waals surface area contributed by atoms with Crippen molar-refractivity contribution in [2.75, 3.05) is 0 Å². The average molecular weight is 569 g/mol. The van der Waals surface area contributed by atoms with Crippen LogP contribution in [0.5, 0.6) is 0 Å². The molecule has 43 heavy (non-hydrogen) atoms. The molecule has 0 aliphatic heterocycles. The predicted molar refractivity (Wildman–Crippen MR) is 186 cm³/mol. The van der Waals surface area contributed by atoms with Gasteiger partial charge in [-0.15, -0.1) is 11.3 Å². The molecule has 0 radical (unpaired) electrons. The smallest absolute Gasteiger partial charge is 0.0355 e. The Balaban J connectivity index is 1.21. The summed E-state index contributed by atoms with van der Waals surface area (Å²) in [5, 5.41) is 8.17. The molecule has 3 aliphatic carbocycles. The fourth-order valence-corrected chi connectivity index (χ4v) is 8.83. The molecule has 206 valence electrons. The Morgan fingerprint density at radius 2 is 1.51 bits per heavy atom. The van der Waals surface area contributed by atoms with Crippen molar-refractivity contribution in [3.05, 3.63) is 155 Å². The summed E-state index contributed by atoms with van der Waals surface area (Å²) in [4.78, 5) is 0. The van der Waals surface area contributed by atoms with E-state index in [-0.39, 0.29) is 0 Å². The maximum atomic E-state index is 2.54. The van der Waals surface area contributed by atoms with Crippen LogP contribution >= 0.6 is 11.3 Å². The second-order valence-electron chi connectivity index (χ2n) is 12.3. The predicted octanol–water partition coefficient (Wildman–Crippen LogP) is 10.2. The van der Waals surface area contributed by atoms with Crippen LogP contribution in [-0.4, -0.2) is 0 Å². The lowest BCUT2D eigenvalue weighted by atomic mass is 9.72. The van der Waals surface area contributed by atoms with E-state index in [0.29, 0.717) is 17.8 Å². The van der Waals surface area contributed by atoms with Crippen LogP contribution < -0.4 is 10.4 Å². The van der Waals surface area contributed by atoms with Crippen molar-refractivity contribution in [2.45, 2.75) is 31.1 Å². The summed E-state index contributed by atoms with van der Waals surface area (Å²) in [5.74, 6) is 1.33. The largest absolute Gasteiger partial charge is 0.135 e. The topological polar surface area (TPSA) is 0 Å². The van der Waals surface area contributed by atoms with E-state index >= 15 is 0 Å². The summed E-state index contributed by atoms with van der Waals surface area (Å²) in [6, 6.07) is 37.0. The Labute approximate surface area is 256 Å². The fourth-order valence-electron chi connectivity index (χ4n) is 7.77. The quantitative estimate of drug-likeness (QED) is 0.199. The number of benzene rings is 5. The summed E-state index contributed by atoms with van der Waals surface area (Å²) >= 11 is 1.92. The molecular weight excluding hydrogens is 537 g/mol. The highest BCUT2D eigenvalue weighted by molar-refractivity contribution is 7.25. The SMILES string of the molecule is C1=CCC(c2cc3ccccc3cc2-c2ccc3sc4ccc(C5C=c6ccccc6=C6C=CCCC65)cc4c3c2)C=C1. The summed E-state index contributed by atoms with van der Waals surface area (Å²) in [6.45, 7) is 0. The maximum absolute atomic E-state index is 2.54. The zero-order valence-corrected chi connectivity index (χ0v) is 24.9. The number of hydrogen-bond acceptors (Lipinski definition) is 1. The molecule has 0 spiro atoms. The molecule has 0 N–H and O–H groups in total. The van der Waals surface area contributed by atoms with E-state index in [1.165, 1.54) is 75.6 Å². The molecule has 0 amide bonds. The van der Waals surface area contributed by atoms with Crippen molar-refractivity contribution < 1.29 is 0 Å². The molecule has 0 saturated carbocycles. The lowest BCUT2D eigenvalue weighted by Crippen LogP contribution is -2.36. The Kier molecular flexibility index (Phi) is 5.87. The molecule has 1 heterocycles. The number of allylic oxidation sites excluding steroid dienone is 6. The van der Waals surface area contributed by atoms with Crippen LogP contribution in [0.25, 0.3) is 53.7 Å². The highest BCUT2D eigenvalue weighted by Crippen LogP contribution is 2.44. The Morgan fingerprint density at radius 1 is 0.698 bits per heavy atom. The van der Waals surface area contributed by atoms with Crippen molar-refractivity contribution in [1.82, 2.24) is 0 Å². The van der Waals surface area contributed by atoms with Gasteiger partial charge in [-0.3, -0.25) is 0 Å². The van der Waals surface area contributed by atoms with Crippen molar-refractivity contribution >= 4 is 53.9 Å². The molecule has 3 unspecified atom stereocenters. The third kappa shape index (κ3) is 4.18. The van der Waals surface area contributed by atoms with Crippen LogP contribution in [-0.2, 0) is 0 Å². The van der Waals surface area contributed by atoms with Gasteiger partial charge in [-0.1, -0.05) is 103 Å². The van der Waals surface area contributed by atoms with E-state index in [1.807, 2.05) is 11.3 Å². The van der Waals surface area contributed by atoms with Crippen LogP contribution in [0.15, 0.2) is 134 Å². The molecule has 3 aliphatic rings. The minimum atomic E-state index is 0.394. The van der Waals surface area contributed by atoms with Crippen molar-refractivity contribution in [2.24, 2.45) is 5.92 Å². The molecule has 1 heteroatoms. The average Bonchev–Trinajstić information content (AvgIpc) is 3.45. The Bertz CT molecular complexity index is 2290. The fraction of sp³-hybridized carbons (Fsp3) is 0.143. The first-order chi connectivity index (χ1) is 21.3. The van der Waals surface area contributed by atoms with Gasteiger partial charge in [0.1, 0.15) is 0 Å². The molecule has 5 aromatic carbocycles. The third-order valence-electron chi connectivity index (χ3n) is 9.89. The van der Waals surface area contributed by atoms with Gasteiger partial charge in [0.2, 0.25) is 0 Å². The van der Waals surface area contributed by atoms with Crippen LogP contribution in [0.1, 0.15) is 42.2 Å². The van der Waals surface area contributed by atoms with Gasteiger partial charge in [0.15, 0.2) is 0 Å². The van der Waals surface area contributed by atoms with Gasteiger partial charge in [-0.2, -0.15) is 0 Å². The highest BCUT2D eigenvalue weighted by atomic mass is 32.1. The van der Waals surface area contributed by atoms with E-state index in [9.17, 15) is 0 Å². The standard InChI is InChI=1S/C42H32S/c1-2-10-27(11-3-1)36-22-28-12-4-5-13-29(28)23-38(36)32-19-21-42-40(26-32)39-25-31(18-20-41(39)43-42)37-24-30-14-6-7-15-33(30)34-16-8-9-17-35(34)37/h1-8,10,12-16,18-27,35,37H,9,11,17H2. The molecule has 0 saturated heterocycles. The van der Waals surface area contributed by atoms with Crippen LogP contribution in [0.3, 0.4) is 0 Å². The van der Waals surface area contributed by atoms with Crippen molar-refractivity contribution in [1.29, 1.82) is 0 Å². The van der Waals surface area contributed by atoms with Crippen molar-refractivity contribution in [3.63, 3.8) is 0 Å². The van der Waals surface area contributed by atoms with Crippen LogP contribution in [0.2, 0.25) is 0 Å². The molecular formula is C42H32S. The monoisotopic (exact) mass is 568 g/mol. The minimum absolute atomic E-state index is 0.394. The maximum Gasteiger partial charge on any atom is 0.0355 e. The Hall–Kier alpha value is -4.46. The summed E-state index contributed by atoms with van der Waals surface area (Å²) in [7, 11) is 0. The normalized spacial score (nSPS) is 20.8. The van der Waals surface area contributed by atoms with Gasteiger partial charge in [0, 0.05) is 32.0 Å². The minimum Gasteiger partial charge on any atom is -0.135 e. The zero-order chi connectivity index (χ0) is 28.3. The lowest BCUT2D eigenvalue weighted by molar-refractivity contribution is 0.560. The van der Waals surface area contributed by atoms with Gasteiger partial charge in [0.25, 0.3) is 0 Å². The van der Waals surface area contributed by atoms with Gasteiger partial charge >= 0.3 is 0 Å². The molecule has 9 rings (SSSR count). The van der Waals surface area contributed by atoms with E-state index in [0.717, 1.165) is 12.8 Å². The summed E-state index contributed by atoms with van der Waals surface area (Å²) in [5.41, 5.74) is 7.04. The van der Waals surface area contributed by atoms with Gasteiger partial charge in [-0.25, -0.2) is 0 Å². The second kappa shape index (κ2) is 10.1. The van der Waals surface area contributed by atoms with E-state index < -0.39 is 0 Å². The molecule has 0 bridgehead atoms. The molecule has 0 nitrogen and oxygen atoms in total. The molecule has 6 aromatic rings. The van der Waals surface area contributed by atoms with Crippen LogP contribution in [0.4, 0.5) is 0 Å². The van der Waals surface area contributed by atoms with Crippen LogP contribution in [0, 0.1) is 5.92 Å². The van der Waals surface area contributed by atoms with Gasteiger partial charge < -0.3 is 0 Å². The number of rotatable bonds is 3. The third-order valence-corrected chi connectivity index (χ3v) is 11.0. The summed E-state index contributed by atoms with van der Waals surface area (Å²) in [6.07, 6.45) is 19.8. The van der Waals surface area contributed by atoms with Gasteiger partial charge in [0.05, 0.1) is 0 Å². The number of hydrogen-bond donors (Lipinski definition) is 0. The molecule has 0 fully saturated rings. The molecule has 3 atom stereocenters. The number of thiophene rings is 1. The van der Waals surface area contributed by atoms with Gasteiger partial charge in [-0.05, 0) is 111 Å². The number of fused-ring (bicyclic) bond motifs is 6. The first-order valence-electron chi connectivity index (χ1n) is 15.6. The molecule has 1 aromatic heterocycles. The Morgan fingerprint density at radius 3 is 2.40 bits per heavy atom. The van der Waals surface area contributed by atoms with E-state index in [2.05, 4.69) is 140 Å². The second-order valence-corrected chi connectivity index (χ2v) is 13.4. The first kappa shape index (κ1) is 25.1. The first-order valence-corrected chi connectivity index (χ1v) is 16.4.